The predicted molar refractivity (Wildman–Crippen MR) is 146 cm³/mol. The van der Waals surface area contributed by atoms with Gasteiger partial charge in [0.05, 0.1) is 16.8 Å². The van der Waals surface area contributed by atoms with E-state index >= 15 is 0 Å². The molecule has 0 amide bonds. The molecule has 0 saturated carbocycles. The van der Waals surface area contributed by atoms with E-state index in [4.69, 9.17) is 16.3 Å². The number of piperidine rings is 1. The fourth-order valence-electron chi connectivity index (χ4n) is 4.86. The molecule has 1 aliphatic heterocycles. The van der Waals surface area contributed by atoms with Gasteiger partial charge in [0.1, 0.15) is 11.9 Å². The van der Waals surface area contributed by atoms with Crippen molar-refractivity contribution in [3.05, 3.63) is 79.0 Å². The fraction of sp³-hybridized carbons (Fsp3) is 0.370. The summed E-state index contributed by atoms with van der Waals surface area (Å²) in [4.78, 5) is 30.3. The summed E-state index contributed by atoms with van der Waals surface area (Å²) < 4.78 is 10.2. The van der Waals surface area contributed by atoms with E-state index in [1.54, 1.807) is 13.2 Å². The lowest BCUT2D eigenvalue weighted by Gasteiger charge is -2.36. The maximum atomic E-state index is 12.5. The Kier molecular flexibility index (Phi) is 6.53. The molecule has 0 aliphatic carbocycles. The van der Waals surface area contributed by atoms with Gasteiger partial charge in [-0.3, -0.25) is 14.3 Å². The van der Waals surface area contributed by atoms with Crippen molar-refractivity contribution in [2.75, 3.05) is 13.1 Å². The topological polar surface area (TPSA) is 78.2 Å². The van der Waals surface area contributed by atoms with E-state index in [2.05, 4.69) is 24.1 Å². The smallest absolute Gasteiger partial charge is 0.331 e. The minimum Gasteiger partial charge on any atom is -0.488 e. The van der Waals surface area contributed by atoms with Gasteiger partial charge in [-0.15, -0.1) is 11.3 Å². The van der Waals surface area contributed by atoms with Crippen molar-refractivity contribution in [1.29, 1.82) is 0 Å². The van der Waals surface area contributed by atoms with E-state index in [9.17, 15) is 9.59 Å². The monoisotopic (exact) mass is 524 g/mol. The number of ether oxygens (including phenoxy) is 1. The zero-order valence-corrected chi connectivity index (χ0v) is 22.4. The van der Waals surface area contributed by atoms with Crippen LogP contribution >= 0.6 is 22.9 Å². The van der Waals surface area contributed by atoms with E-state index in [0.29, 0.717) is 5.02 Å². The van der Waals surface area contributed by atoms with Gasteiger partial charge >= 0.3 is 5.69 Å². The van der Waals surface area contributed by atoms with E-state index in [0.717, 1.165) is 57.0 Å². The standard InChI is InChI=1S/C27H29ClN4O3S/c1-16-9-17(28)10-21(24(16)35-18-12-27(2,3)15-29-13-18)20-5-7-30-22-11-19(36-25(20)22)14-32-23(33)6-8-31(4)26(32)34/h5-11,18,29H,12-15H2,1-4H3/t18-/m0/s1. The minimum absolute atomic E-state index is 0.0461. The van der Waals surface area contributed by atoms with Crippen LogP contribution in [0, 0.1) is 12.3 Å². The summed E-state index contributed by atoms with van der Waals surface area (Å²) >= 11 is 8.04. The lowest BCUT2D eigenvalue weighted by molar-refractivity contribution is 0.0995. The Labute approximate surface area is 218 Å². The van der Waals surface area contributed by atoms with Crippen LogP contribution in [-0.2, 0) is 13.6 Å². The Morgan fingerprint density at radius 1 is 1.22 bits per heavy atom. The summed E-state index contributed by atoms with van der Waals surface area (Å²) in [6.45, 7) is 8.46. The molecule has 0 radical (unpaired) electrons. The van der Waals surface area contributed by atoms with E-state index in [1.165, 1.54) is 32.7 Å². The quantitative estimate of drug-likeness (QED) is 0.413. The van der Waals surface area contributed by atoms with E-state index in [-0.39, 0.29) is 29.3 Å². The lowest BCUT2D eigenvalue weighted by atomic mass is 9.84. The molecule has 4 aromatic rings. The Bertz CT molecular complexity index is 1570. The second-order valence-corrected chi connectivity index (χ2v) is 11.8. The fourth-order valence-corrected chi connectivity index (χ4v) is 6.26. The lowest BCUT2D eigenvalue weighted by Crippen LogP contribution is -2.46. The first kappa shape index (κ1) is 24.7. The highest BCUT2D eigenvalue weighted by molar-refractivity contribution is 7.19. The Morgan fingerprint density at radius 3 is 2.81 bits per heavy atom. The Morgan fingerprint density at radius 2 is 2.03 bits per heavy atom. The number of hydrogen-bond acceptors (Lipinski definition) is 6. The number of nitrogens with zero attached hydrogens (tertiary/aromatic N) is 3. The first-order valence-electron chi connectivity index (χ1n) is 11.9. The van der Waals surface area contributed by atoms with Crippen LogP contribution in [0.5, 0.6) is 5.75 Å². The van der Waals surface area contributed by atoms with Crippen molar-refractivity contribution in [3.63, 3.8) is 0 Å². The Hall–Kier alpha value is -2.94. The van der Waals surface area contributed by atoms with Crippen LogP contribution in [0.25, 0.3) is 21.3 Å². The maximum absolute atomic E-state index is 12.5. The third kappa shape index (κ3) is 4.85. The molecule has 0 spiro atoms. The van der Waals surface area contributed by atoms with Gasteiger partial charge in [-0.05, 0) is 48.6 Å². The zero-order chi connectivity index (χ0) is 25.6. The maximum Gasteiger partial charge on any atom is 0.331 e. The molecule has 9 heteroatoms. The molecule has 188 valence electrons. The molecular formula is C27H29ClN4O3S. The molecular weight excluding hydrogens is 496 g/mol. The number of nitrogens with one attached hydrogen (secondary N) is 1. The molecule has 0 unspecified atom stereocenters. The highest BCUT2D eigenvalue weighted by atomic mass is 35.5. The summed E-state index contributed by atoms with van der Waals surface area (Å²) in [7, 11) is 1.63. The first-order chi connectivity index (χ1) is 17.1. The molecule has 1 atom stereocenters. The van der Waals surface area contributed by atoms with Gasteiger partial charge in [0.25, 0.3) is 5.56 Å². The summed E-state index contributed by atoms with van der Waals surface area (Å²) in [5, 5.41) is 4.13. The van der Waals surface area contributed by atoms with Crippen LogP contribution in [0.15, 0.2) is 52.3 Å². The van der Waals surface area contributed by atoms with Crippen molar-refractivity contribution in [1.82, 2.24) is 19.4 Å². The van der Waals surface area contributed by atoms with Crippen LogP contribution in [0.2, 0.25) is 5.02 Å². The number of aromatic nitrogens is 3. The molecule has 1 saturated heterocycles. The average Bonchev–Trinajstić information content (AvgIpc) is 3.23. The molecule has 1 fully saturated rings. The first-order valence-corrected chi connectivity index (χ1v) is 13.1. The predicted octanol–water partition coefficient (Wildman–Crippen LogP) is 4.60. The molecule has 1 N–H and O–H groups in total. The Balaban J connectivity index is 1.58. The number of hydrogen-bond donors (Lipinski definition) is 1. The normalized spacial score (nSPS) is 17.4. The number of fused-ring (bicyclic) bond motifs is 1. The van der Waals surface area contributed by atoms with Crippen LogP contribution in [0.3, 0.4) is 0 Å². The number of benzene rings is 1. The van der Waals surface area contributed by atoms with E-state index in [1.807, 2.05) is 31.2 Å². The third-order valence-electron chi connectivity index (χ3n) is 6.59. The van der Waals surface area contributed by atoms with Crippen molar-refractivity contribution < 1.29 is 4.74 Å². The van der Waals surface area contributed by atoms with Gasteiger partial charge in [0.15, 0.2) is 0 Å². The molecule has 5 rings (SSSR count). The van der Waals surface area contributed by atoms with Gasteiger partial charge in [0, 0.05) is 59.6 Å². The SMILES string of the molecule is Cc1cc(Cl)cc(-c2ccnc3cc(Cn4c(=O)ccn(C)c4=O)sc23)c1O[C@@H]1CNCC(C)(C)C1. The van der Waals surface area contributed by atoms with Crippen molar-refractivity contribution in [2.24, 2.45) is 12.5 Å². The molecule has 3 aromatic heterocycles. The number of pyridine rings is 1. The molecule has 1 aromatic carbocycles. The van der Waals surface area contributed by atoms with Crippen molar-refractivity contribution in [2.45, 2.75) is 39.8 Å². The van der Waals surface area contributed by atoms with Crippen molar-refractivity contribution >= 4 is 33.2 Å². The third-order valence-corrected chi connectivity index (χ3v) is 7.95. The molecule has 7 nitrogen and oxygen atoms in total. The minimum atomic E-state index is -0.349. The number of rotatable bonds is 5. The average molecular weight is 525 g/mol. The second kappa shape index (κ2) is 9.50. The van der Waals surface area contributed by atoms with Crippen LogP contribution in [0.1, 0.15) is 30.7 Å². The highest BCUT2D eigenvalue weighted by Gasteiger charge is 2.30. The summed E-state index contributed by atoms with van der Waals surface area (Å²) in [6, 6.07) is 9.18. The van der Waals surface area contributed by atoms with Crippen molar-refractivity contribution in [3.8, 4) is 16.9 Å². The summed E-state index contributed by atoms with van der Waals surface area (Å²) in [5.74, 6) is 0.819. The molecule has 1 aliphatic rings. The molecule has 36 heavy (non-hydrogen) atoms. The number of aryl methyl sites for hydroxylation is 2. The van der Waals surface area contributed by atoms with Crippen LogP contribution in [0.4, 0.5) is 0 Å². The molecule has 4 heterocycles. The highest BCUT2D eigenvalue weighted by Crippen LogP contribution is 2.42. The second-order valence-electron chi connectivity index (χ2n) is 10.3. The zero-order valence-electron chi connectivity index (χ0n) is 20.8. The van der Waals surface area contributed by atoms with Gasteiger partial charge in [-0.25, -0.2) is 4.79 Å². The number of thiophene rings is 1. The molecule has 0 bridgehead atoms. The summed E-state index contributed by atoms with van der Waals surface area (Å²) in [5.41, 5.74) is 3.14. The summed E-state index contributed by atoms with van der Waals surface area (Å²) in [6.07, 6.45) is 4.26. The van der Waals surface area contributed by atoms with Gasteiger partial charge in [-0.2, -0.15) is 0 Å². The van der Waals surface area contributed by atoms with Gasteiger partial charge < -0.3 is 14.6 Å². The van der Waals surface area contributed by atoms with Crippen LogP contribution in [-0.4, -0.2) is 33.3 Å². The largest absolute Gasteiger partial charge is 0.488 e. The van der Waals surface area contributed by atoms with E-state index < -0.39 is 0 Å². The number of halogens is 1. The van der Waals surface area contributed by atoms with Gasteiger partial charge in [0.2, 0.25) is 0 Å². The van der Waals surface area contributed by atoms with Gasteiger partial charge in [-0.1, -0.05) is 25.4 Å². The van der Waals surface area contributed by atoms with Crippen LogP contribution < -0.4 is 21.3 Å².